The van der Waals surface area contributed by atoms with Crippen LogP contribution in [0.1, 0.15) is 44.2 Å². The molecule has 1 fully saturated rings. The summed E-state index contributed by atoms with van der Waals surface area (Å²) >= 11 is 0. The maximum Gasteiger partial charge on any atom is 0.123 e. The van der Waals surface area contributed by atoms with Crippen LogP contribution in [-0.4, -0.2) is 31.6 Å². The Morgan fingerprint density at radius 2 is 2.00 bits per heavy atom. The lowest BCUT2D eigenvalue weighted by Crippen LogP contribution is -2.33. The topological polar surface area (TPSA) is 24.5 Å². The smallest absolute Gasteiger partial charge is 0.123 e. The molecule has 0 amide bonds. The summed E-state index contributed by atoms with van der Waals surface area (Å²) in [6.45, 7) is 9.85. The number of piperidine rings is 1. The maximum atomic E-state index is 5.54. The van der Waals surface area contributed by atoms with Gasteiger partial charge in [-0.3, -0.25) is 4.90 Å². The number of nitrogens with one attached hydrogen (secondary N) is 1. The second-order valence-electron chi connectivity index (χ2n) is 6.05. The highest BCUT2D eigenvalue weighted by Gasteiger charge is 2.19. The molecule has 1 aromatic carbocycles. The van der Waals surface area contributed by atoms with E-state index in [0.29, 0.717) is 0 Å². The Labute approximate surface area is 129 Å². The van der Waals surface area contributed by atoms with Gasteiger partial charge in [0.2, 0.25) is 0 Å². The van der Waals surface area contributed by atoms with Crippen LogP contribution in [0, 0.1) is 5.92 Å². The van der Waals surface area contributed by atoms with Crippen LogP contribution in [0.5, 0.6) is 5.75 Å². The van der Waals surface area contributed by atoms with Crippen molar-refractivity contribution in [1.82, 2.24) is 10.2 Å². The van der Waals surface area contributed by atoms with Gasteiger partial charge in [-0.25, -0.2) is 0 Å². The van der Waals surface area contributed by atoms with Crippen LogP contribution in [0.3, 0.4) is 0 Å². The largest absolute Gasteiger partial charge is 0.496 e. The molecule has 3 heteroatoms. The van der Waals surface area contributed by atoms with Gasteiger partial charge < -0.3 is 10.1 Å². The van der Waals surface area contributed by atoms with E-state index in [2.05, 4.69) is 42.3 Å². The van der Waals surface area contributed by atoms with Gasteiger partial charge in [0.1, 0.15) is 5.75 Å². The number of nitrogens with zero attached hydrogens (tertiary/aromatic N) is 1. The molecule has 0 unspecified atom stereocenters. The number of ether oxygens (including phenoxy) is 1. The van der Waals surface area contributed by atoms with Crippen molar-refractivity contribution < 1.29 is 4.74 Å². The Kier molecular flexibility index (Phi) is 6.52. The van der Waals surface area contributed by atoms with Crippen LogP contribution in [-0.2, 0) is 13.1 Å². The van der Waals surface area contributed by atoms with Crippen molar-refractivity contribution in [3.8, 4) is 5.75 Å². The summed E-state index contributed by atoms with van der Waals surface area (Å²) in [6, 6.07) is 6.57. The molecule has 0 atom stereocenters. The molecule has 0 spiro atoms. The molecule has 0 radical (unpaired) electrons. The molecule has 1 saturated heterocycles. The zero-order valence-corrected chi connectivity index (χ0v) is 13.8. The Morgan fingerprint density at radius 3 is 2.62 bits per heavy atom. The number of methoxy groups -OCH3 is 1. The lowest BCUT2D eigenvalue weighted by atomic mass is 9.94. The standard InChI is InChI=1S/C18H30N2O/c1-4-15-8-10-20(11-9-15)14-17-12-16(13-19-5-2)6-7-18(17)21-3/h6-7,12,15,19H,4-5,8-11,13-14H2,1-3H3. The summed E-state index contributed by atoms with van der Waals surface area (Å²) in [5.41, 5.74) is 2.67. The van der Waals surface area contributed by atoms with Crippen molar-refractivity contribution in [3.63, 3.8) is 0 Å². The van der Waals surface area contributed by atoms with E-state index in [9.17, 15) is 0 Å². The highest BCUT2D eigenvalue weighted by Crippen LogP contribution is 2.25. The zero-order chi connectivity index (χ0) is 15.1. The van der Waals surface area contributed by atoms with E-state index in [0.717, 1.165) is 31.3 Å². The van der Waals surface area contributed by atoms with Gasteiger partial charge in [-0.1, -0.05) is 26.3 Å². The minimum absolute atomic E-state index is 0.934. The van der Waals surface area contributed by atoms with Gasteiger partial charge >= 0.3 is 0 Å². The van der Waals surface area contributed by atoms with Gasteiger partial charge in [-0.05, 0) is 56.1 Å². The van der Waals surface area contributed by atoms with E-state index in [1.165, 1.54) is 43.5 Å². The maximum absolute atomic E-state index is 5.54. The fourth-order valence-corrected chi connectivity index (χ4v) is 3.13. The zero-order valence-electron chi connectivity index (χ0n) is 13.8. The van der Waals surface area contributed by atoms with E-state index in [1.807, 2.05) is 0 Å². The second-order valence-corrected chi connectivity index (χ2v) is 6.05. The van der Waals surface area contributed by atoms with Gasteiger partial charge in [0.25, 0.3) is 0 Å². The molecular weight excluding hydrogens is 260 g/mol. The summed E-state index contributed by atoms with van der Waals surface area (Å²) in [5, 5.41) is 3.39. The minimum atomic E-state index is 0.934. The summed E-state index contributed by atoms with van der Waals surface area (Å²) in [6.07, 6.45) is 4.02. The monoisotopic (exact) mass is 290 g/mol. The van der Waals surface area contributed by atoms with Gasteiger partial charge in [0.05, 0.1) is 7.11 Å². The number of hydrogen-bond acceptors (Lipinski definition) is 3. The lowest BCUT2D eigenvalue weighted by Gasteiger charge is -2.31. The van der Waals surface area contributed by atoms with Crippen molar-refractivity contribution in [2.75, 3.05) is 26.7 Å². The molecule has 1 N–H and O–H groups in total. The quantitative estimate of drug-likeness (QED) is 0.832. The van der Waals surface area contributed by atoms with Crippen LogP contribution < -0.4 is 10.1 Å². The first kappa shape index (κ1) is 16.3. The Morgan fingerprint density at radius 1 is 1.24 bits per heavy atom. The highest BCUT2D eigenvalue weighted by atomic mass is 16.5. The van der Waals surface area contributed by atoms with Gasteiger partial charge in [0, 0.05) is 18.7 Å². The summed E-state index contributed by atoms with van der Waals surface area (Å²) in [5.74, 6) is 1.95. The summed E-state index contributed by atoms with van der Waals surface area (Å²) < 4.78 is 5.54. The molecule has 0 aromatic heterocycles. The first-order valence-electron chi connectivity index (χ1n) is 8.35. The van der Waals surface area contributed by atoms with E-state index < -0.39 is 0 Å². The van der Waals surface area contributed by atoms with Crippen molar-refractivity contribution in [2.45, 2.75) is 46.2 Å². The Hall–Kier alpha value is -1.06. The normalized spacial score (nSPS) is 17.1. The molecule has 1 aliphatic heterocycles. The molecule has 0 saturated carbocycles. The Bertz CT molecular complexity index is 425. The number of likely N-dealkylation sites (tertiary alicyclic amines) is 1. The first-order chi connectivity index (χ1) is 10.3. The van der Waals surface area contributed by atoms with Crippen molar-refractivity contribution >= 4 is 0 Å². The molecular formula is C18H30N2O. The third-order valence-electron chi connectivity index (χ3n) is 4.60. The van der Waals surface area contributed by atoms with Crippen LogP contribution in [0.25, 0.3) is 0 Å². The summed E-state index contributed by atoms with van der Waals surface area (Å²) in [7, 11) is 1.77. The minimum Gasteiger partial charge on any atom is -0.496 e. The van der Waals surface area contributed by atoms with E-state index in [4.69, 9.17) is 4.74 Å². The van der Waals surface area contributed by atoms with Crippen LogP contribution >= 0.6 is 0 Å². The molecule has 2 rings (SSSR count). The van der Waals surface area contributed by atoms with Crippen LogP contribution in [0.4, 0.5) is 0 Å². The van der Waals surface area contributed by atoms with Crippen LogP contribution in [0.15, 0.2) is 18.2 Å². The van der Waals surface area contributed by atoms with Crippen molar-refractivity contribution in [2.24, 2.45) is 5.92 Å². The van der Waals surface area contributed by atoms with Crippen molar-refractivity contribution in [3.05, 3.63) is 29.3 Å². The highest BCUT2D eigenvalue weighted by molar-refractivity contribution is 5.37. The van der Waals surface area contributed by atoms with E-state index in [-0.39, 0.29) is 0 Å². The number of rotatable bonds is 7. The number of benzene rings is 1. The predicted molar refractivity (Wildman–Crippen MR) is 88.7 cm³/mol. The molecule has 1 aromatic rings. The van der Waals surface area contributed by atoms with Gasteiger partial charge in [0.15, 0.2) is 0 Å². The molecule has 0 bridgehead atoms. The SMILES string of the molecule is CCNCc1ccc(OC)c(CN2CCC(CC)CC2)c1. The molecule has 1 aliphatic rings. The Balaban J connectivity index is 2.00. The third kappa shape index (κ3) is 4.72. The molecule has 118 valence electrons. The van der Waals surface area contributed by atoms with Crippen molar-refractivity contribution in [1.29, 1.82) is 0 Å². The van der Waals surface area contributed by atoms with Gasteiger partial charge in [-0.15, -0.1) is 0 Å². The molecule has 0 aliphatic carbocycles. The van der Waals surface area contributed by atoms with Gasteiger partial charge in [-0.2, -0.15) is 0 Å². The number of hydrogen-bond donors (Lipinski definition) is 1. The van der Waals surface area contributed by atoms with E-state index >= 15 is 0 Å². The lowest BCUT2D eigenvalue weighted by molar-refractivity contribution is 0.173. The molecule has 21 heavy (non-hydrogen) atoms. The third-order valence-corrected chi connectivity index (χ3v) is 4.60. The predicted octanol–water partition coefficient (Wildman–Crippen LogP) is 3.43. The summed E-state index contributed by atoms with van der Waals surface area (Å²) in [4.78, 5) is 2.57. The first-order valence-corrected chi connectivity index (χ1v) is 8.35. The van der Waals surface area contributed by atoms with E-state index in [1.54, 1.807) is 7.11 Å². The average molecular weight is 290 g/mol. The second kappa shape index (κ2) is 8.40. The van der Waals surface area contributed by atoms with Crippen LogP contribution in [0.2, 0.25) is 0 Å². The fourth-order valence-electron chi connectivity index (χ4n) is 3.13. The average Bonchev–Trinajstić information content (AvgIpc) is 2.54. The molecule has 3 nitrogen and oxygen atoms in total. The molecule has 1 heterocycles. The fraction of sp³-hybridized carbons (Fsp3) is 0.667.